The second-order valence-electron chi connectivity index (χ2n) is 9.38. The molecular formula is C26H22FN3O6. The lowest BCUT2D eigenvalue weighted by Crippen LogP contribution is -2.44. The second kappa shape index (κ2) is 7.62. The van der Waals surface area contributed by atoms with E-state index in [2.05, 4.69) is 4.99 Å². The zero-order valence-electron chi connectivity index (χ0n) is 19.6. The second-order valence-corrected chi connectivity index (χ2v) is 9.38. The molecule has 2 N–H and O–H groups in total. The van der Waals surface area contributed by atoms with Crippen molar-refractivity contribution in [3.63, 3.8) is 0 Å². The number of hydrogen-bond acceptors (Lipinski definition) is 7. The maximum Gasteiger partial charge on any atom is 0.343 e. The molecule has 0 fully saturated rings. The van der Waals surface area contributed by atoms with Crippen molar-refractivity contribution in [1.29, 1.82) is 0 Å². The number of ether oxygens (including phenoxy) is 1. The van der Waals surface area contributed by atoms with Gasteiger partial charge in [-0.2, -0.15) is 0 Å². The summed E-state index contributed by atoms with van der Waals surface area (Å²) in [7, 11) is 0. The highest BCUT2D eigenvalue weighted by molar-refractivity contribution is 6.18. The Labute approximate surface area is 203 Å². The highest BCUT2D eigenvalue weighted by atomic mass is 19.1. The number of aliphatic hydroxyl groups is 2. The van der Waals surface area contributed by atoms with E-state index in [0.717, 1.165) is 5.56 Å². The van der Waals surface area contributed by atoms with E-state index in [1.54, 1.807) is 19.9 Å². The first kappa shape index (κ1) is 22.7. The Bertz CT molecular complexity index is 1640. The Morgan fingerprint density at radius 3 is 2.75 bits per heavy atom. The van der Waals surface area contributed by atoms with Crippen molar-refractivity contribution >= 4 is 28.5 Å². The number of esters is 1. The Morgan fingerprint density at radius 1 is 1.25 bits per heavy atom. The smallest absolute Gasteiger partial charge is 0.343 e. The van der Waals surface area contributed by atoms with Gasteiger partial charge in [-0.15, -0.1) is 0 Å². The normalized spacial score (nSPS) is 20.8. The molecule has 0 saturated heterocycles. The Kier molecular flexibility index (Phi) is 4.80. The van der Waals surface area contributed by atoms with Gasteiger partial charge in [0.25, 0.3) is 11.5 Å². The standard InChI is InChI=1S/C26H22FN3O6/c1-3-26(35)15-6-19-23-13(8-30(19)24(33)14(15)10-36-25(26)34)22-17(28-20(32)9-31)5-4-12-11(2)16(27)7-18(29-23)21(12)22/h6-7,31,35H,3-5,8-10H2,1-2H3/t26-/m0/s1. The molecule has 1 atom stereocenters. The minimum absolute atomic E-state index is 0.0128. The topological polar surface area (TPSA) is 131 Å². The molecule has 36 heavy (non-hydrogen) atoms. The first-order chi connectivity index (χ1) is 17.2. The molecular weight excluding hydrogens is 469 g/mol. The maximum absolute atomic E-state index is 14.8. The average molecular weight is 491 g/mol. The van der Waals surface area contributed by atoms with Crippen LogP contribution in [0.5, 0.6) is 0 Å². The minimum atomic E-state index is -1.97. The maximum atomic E-state index is 14.8. The van der Waals surface area contributed by atoms with Gasteiger partial charge in [-0.05, 0) is 43.4 Å². The third-order valence-electron chi connectivity index (χ3n) is 7.60. The Hall–Kier alpha value is -3.76. The van der Waals surface area contributed by atoms with Gasteiger partial charge in [-0.3, -0.25) is 9.59 Å². The number of hydrogen-bond donors (Lipinski definition) is 2. The van der Waals surface area contributed by atoms with Crippen LogP contribution in [0.4, 0.5) is 4.39 Å². The van der Waals surface area contributed by atoms with Crippen molar-refractivity contribution < 1.29 is 28.9 Å². The van der Waals surface area contributed by atoms with Crippen LogP contribution in [0, 0.1) is 12.7 Å². The largest absolute Gasteiger partial charge is 0.458 e. The van der Waals surface area contributed by atoms with E-state index >= 15 is 0 Å². The summed E-state index contributed by atoms with van der Waals surface area (Å²) >= 11 is 0. The van der Waals surface area contributed by atoms with Crippen molar-refractivity contribution in [2.75, 3.05) is 6.61 Å². The summed E-state index contributed by atoms with van der Waals surface area (Å²) < 4.78 is 21.5. The molecule has 1 amide bonds. The third kappa shape index (κ3) is 2.85. The number of fused-ring (bicyclic) bond motifs is 5. The number of aryl methyl sites for hydroxylation is 1. The number of nitrogens with zero attached hydrogens (tertiary/aromatic N) is 3. The van der Waals surface area contributed by atoms with Crippen LogP contribution in [-0.2, 0) is 39.5 Å². The Morgan fingerprint density at radius 2 is 2.03 bits per heavy atom. The average Bonchev–Trinajstić information content (AvgIpc) is 3.24. The zero-order chi connectivity index (χ0) is 25.5. The van der Waals surface area contributed by atoms with Crippen LogP contribution in [0.3, 0.4) is 0 Å². The summed E-state index contributed by atoms with van der Waals surface area (Å²) in [6, 6.07) is 2.91. The molecule has 6 rings (SSSR count). The number of aliphatic hydroxyl groups excluding tert-OH is 1. The molecule has 3 aliphatic rings. The van der Waals surface area contributed by atoms with E-state index in [-0.39, 0.29) is 30.7 Å². The number of benzene rings is 1. The molecule has 0 unspecified atom stereocenters. The van der Waals surface area contributed by atoms with Gasteiger partial charge in [-0.1, -0.05) is 6.92 Å². The molecule has 1 aromatic carbocycles. The van der Waals surface area contributed by atoms with Crippen molar-refractivity contribution in [2.45, 2.75) is 51.9 Å². The van der Waals surface area contributed by atoms with E-state index in [0.29, 0.717) is 57.5 Å². The highest BCUT2D eigenvalue weighted by Gasteiger charge is 2.45. The van der Waals surface area contributed by atoms with Crippen molar-refractivity contribution in [3.05, 3.63) is 61.7 Å². The zero-order valence-corrected chi connectivity index (χ0v) is 19.6. The van der Waals surface area contributed by atoms with Crippen LogP contribution in [0.15, 0.2) is 21.9 Å². The van der Waals surface area contributed by atoms with Gasteiger partial charge in [0.2, 0.25) is 0 Å². The van der Waals surface area contributed by atoms with E-state index in [4.69, 9.17) is 9.72 Å². The fraction of sp³-hybridized carbons (Fsp3) is 0.346. The first-order valence-corrected chi connectivity index (χ1v) is 11.7. The number of amides is 1. The molecule has 1 aliphatic carbocycles. The van der Waals surface area contributed by atoms with Gasteiger partial charge in [0.05, 0.1) is 34.7 Å². The summed E-state index contributed by atoms with van der Waals surface area (Å²) in [5.74, 6) is -1.93. The van der Waals surface area contributed by atoms with Crippen LogP contribution >= 0.6 is 0 Å². The number of aromatic nitrogens is 2. The minimum Gasteiger partial charge on any atom is -0.458 e. The van der Waals surface area contributed by atoms with Crippen LogP contribution in [0.25, 0.3) is 22.3 Å². The lowest BCUT2D eigenvalue weighted by molar-refractivity contribution is -0.172. The first-order valence-electron chi connectivity index (χ1n) is 11.7. The highest BCUT2D eigenvalue weighted by Crippen LogP contribution is 2.43. The fourth-order valence-corrected chi connectivity index (χ4v) is 5.68. The lowest BCUT2D eigenvalue weighted by atomic mass is 9.83. The molecule has 184 valence electrons. The van der Waals surface area contributed by atoms with E-state index in [1.807, 2.05) is 0 Å². The van der Waals surface area contributed by atoms with Crippen LogP contribution in [0.1, 0.15) is 53.1 Å². The SMILES string of the molecule is CC[C@@]1(O)C(=O)OCc2c1cc1n(c2=O)Cc2c-1nc1cc(F)c(C)c3c1c2C(=NC(=O)CO)CC3. The van der Waals surface area contributed by atoms with Crippen LogP contribution in [0.2, 0.25) is 0 Å². The van der Waals surface area contributed by atoms with Crippen molar-refractivity contribution in [2.24, 2.45) is 4.99 Å². The van der Waals surface area contributed by atoms with Gasteiger partial charge in [0.15, 0.2) is 5.60 Å². The lowest BCUT2D eigenvalue weighted by Gasteiger charge is -2.31. The number of pyridine rings is 2. The van der Waals surface area contributed by atoms with E-state index < -0.39 is 35.5 Å². The van der Waals surface area contributed by atoms with E-state index in [9.17, 15) is 29.0 Å². The number of halogens is 1. The molecule has 3 aromatic rings. The van der Waals surface area contributed by atoms with Gasteiger partial charge >= 0.3 is 5.97 Å². The molecule has 0 spiro atoms. The van der Waals surface area contributed by atoms with Gasteiger partial charge in [0.1, 0.15) is 19.0 Å². The molecule has 4 heterocycles. The summed E-state index contributed by atoms with van der Waals surface area (Å²) in [6.45, 7) is 2.44. The van der Waals surface area contributed by atoms with Gasteiger partial charge in [-0.25, -0.2) is 19.2 Å². The van der Waals surface area contributed by atoms with E-state index in [1.165, 1.54) is 10.6 Å². The third-order valence-corrected chi connectivity index (χ3v) is 7.60. The monoisotopic (exact) mass is 491 g/mol. The molecule has 10 heteroatoms. The Balaban J connectivity index is 1.70. The predicted octanol–water partition coefficient (Wildman–Crippen LogP) is 1.78. The van der Waals surface area contributed by atoms with Crippen LogP contribution in [-0.4, -0.2) is 44.0 Å². The van der Waals surface area contributed by atoms with Crippen LogP contribution < -0.4 is 5.56 Å². The molecule has 2 aliphatic heterocycles. The molecule has 0 bridgehead atoms. The predicted molar refractivity (Wildman–Crippen MR) is 126 cm³/mol. The number of carbonyl (C=O) groups excluding carboxylic acids is 2. The molecule has 0 radical (unpaired) electrons. The van der Waals surface area contributed by atoms with Crippen molar-refractivity contribution in [1.82, 2.24) is 9.55 Å². The van der Waals surface area contributed by atoms with Crippen molar-refractivity contribution in [3.8, 4) is 11.4 Å². The number of cyclic esters (lactones) is 1. The molecule has 2 aromatic heterocycles. The fourth-order valence-electron chi connectivity index (χ4n) is 5.68. The molecule has 9 nitrogen and oxygen atoms in total. The number of rotatable bonds is 2. The number of aliphatic imine (C=N–C) groups is 1. The van der Waals surface area contributed by atoms with Gasteiger partial charge < -0.3 is 19.5 Å². The van der Waals surface area contributed by atoms with Gasteiger partial charge in [0, 0.05) is 28.1 Å². The number of carbonyl (C=O) groups is 2. The summed E-state index contributed by atoms with van der Waals surface area (Å²) in [5, 5.41) is 21.1. The quantitative estimate of drug-likeness (QED) is 0.409. The molecule has 0 saturated carbocycles. The summed E-state index contributed by atoms with van der Waals surface area (Å²) in [5.41, 5.74) is 2.10. The summed E-state index contributed by atoms with van der Waals surface area (Å²) in [6.07, 6.45) is 0.822. The summed E-state index contributed by atoms with van der Waals surface area (Å²) in [4.78, 5) is 46.9.